The minimum Gasteiger partial charge on any atom is -0.321 e. The van der Waals surface area contributed by atoms with Crippen LogP contribution in [0.4, 0.5) is 5.69 Å². The molecule has 1 aromatic carbocycles. The Labute approximate surface area is 136 Å². The molecule has 1 aliphatic carbocycles. The topological polar surface area (TPSA) is 42.0 Å². The Morgan fingerprint density at radius 3 is 2.95 bits per heavy atom. The number of aryl methyl sites for hydroxylation is 2. The Bertz CT molecular complexity index is 821. The van der Waals surface area contributed by atoms with Crippen molar-refractivity contribution < 1.29 is 4.79 Å². The predicted octanol–water partition coefficient (Wildman–Crippen LogP) is 4.61. The lowest BCUT2D eigenvalue weighted by Crippen LogP contribution is -2.10. The molecule has 1 aliphatic rings. The lowest BCUT2D eigenvalue weighted by Gasteiger charge is -2.06. The van der Waals surface area contributed by atoms with Crippen molar-refractivity contribution in [1.82, 2.24) is 4.98 Å². The van der Waals surface area contributed by atoms with E-state index in [-0.39, 0.29) is 5.91 Å². The van der Waals surface area contributed by atoms with Crippen molar-refractivity contribution in [3.05, 3.63) is 57.9 Å². The number of rotatable bonds is 3. The molecule has 0 atom stereocenters. The summed E-state index contributed by atoms with van der Waals surface area (Å²) in [5, 5.41) is 5.89. The molecule has 0 aliphatic heterocycles. The molecule has 0 saturated carbocycles. The minimum atomic E-state index is -0.0850. The number of nitrogens with zero attached hydrogens (tertiary/aromatic N) is 1. The second kappa shape index (κ2) is 5.66. The smallest absolute Gasteiger partial charge is 0.267 e. The van der Waals surface area contributed by atoms with Crippen molar-refractivity contribution in [2.45, 2.75) is 19.3 Å². The van der Waals surface area contributed by atoms with Crippen molar-refractivity contribution in [3.63, 3.8) is 0 Å². The number of carbonyl (C=O) groups is 1. The van der Waals surface area contributed by atoms with E-state index >= 15 is 0 Å². The molecule has 1 N–H and O–H groups in total. The molecule has 0 spiro atoms. The molecule has 5 heteroatoms. The average Bonchev–Trinajstić information content (AvgIpc) is 3.26. The quantitative estimate of drug-likeness (QED) is 0.763. The van der Waals surface area contributed by atoms with Gasteiger partial charge in [0.2, 0.25) is 0 Å². The minimum absolute atomic E-state index is 0.0850. The van der Waals surface area contributed by atoms with E-state index in [1.165, 1.54) is 28.9 Å². The maximum absolute atomic E-state index is 12.4. The molecular weight excluding hydrogens is 312 g/mol. The molecule has 2 aromatic heterocycles. The zero-order chi connectivity index (χ0) is 14.9. The SMILES string of the molecule is O=C(Nc1ccc2c(c1)CCC2)c1cnc(-c2cccs2)s1. The number of anilines is 1. The van der Waals surface area contributed by atoms with Gasteiger partial charge in [0, 0.05) is 5.69 Å². The molecule has 3 nitrogen and oxygen atoms in total. The van der Waals surface area contributed by atoms with E-state index < -0.39 is 0 Å². The largest absolute Gasteiger partial charge is 0.321 e. The average molecular weight is 326 g/mol. The van der Waals surface area contributed by atoms with Gasteiger partial charge < -0.3 is 5.32 Å². The van der Waals surface area contributed by atoms with Crippen LogP contribution >= 0.6 is 22.7 Å². The van der Waals surface area contributed by atoms with Gasteiger partial charge in [0.1, 0.15) is 9.88 Å². The number of thiazole rings is 1. The Morgan fingerprint density at radius 1 is 1.18 bits per heavy atom. The van der Waals surface area contributed by atoms with Crippen molar-refractivity contribution in [1.29, 1.82) is 0 Å². The van der Waals surface area contributed by atoms with Crippen LogP contribution < -0.4 is 5.32 Å². The summed E-state index contributed by atoms with van der Waals surface area (Å²) >= 11 is 3.07. The van der Waals surface area contributed by atoms with Crippen LogP contribution in [0.3, 0.4) is 0 Å². The molecule has 3 aromatic rings. The van der Waals surface area contributed by atoms with Gasteiger partial charge >= 0.3 is 0 Å². The summed E-state index contributed by atoms with van der Waals surface area (Å²) in [6.45, 7) is 0. The summed E-state index contributed by atoms with van der Waals surface area (Å²) in [5.41, 5.74) is 3.65. The number of amides is 1. The summed E-state index contributed by atoms with van der Waals surface area (Å²) in [5.74, 6) is -0.0850. The monoisotopic (exact) mass is 326 g/mol. The second-order valence-electron chi connectivity index (χ2n) is 5.30. The van der Waals surface area contributed by atoms with E-state index in [1.807, 2.05) is 23.6 Å². The number of benzene rings is 1. The molecule has 2 heterocycles. The fourth-order valence-corrected chi connectivity index (χ4v) is 4.35. The zero-order valence-corrected chi connectivity index (χ0v) is 13.5. The molecular formula is C17H14N2OS2. The maximum atomic E-state index is 12.4. The molecule has 4 rings (SSSR count). The standard InChI is InChI=1S/C17H14N2OS2/c20-16(15-10-18-17(22-15)14-5-2-8-21-14)19-13-7-6-11-3-1-4-12(11)9-13/h2,5-10H,1,3-4H2,(H,19,20). The highest BCUT2D eigenvalue weighted by atomic mass is 32.1. The Kier molecular flexibility index (Phi) is 3.52. The highest BCUT2D eigenvalue weighted by molar-refractivity contribution is 7.22. The number of hydrogen-bond donors (Lipinski definition) is 1. The lowest BCUT2D eigenvalue weighted by molar-refractivity contribution is 0.103. The molecule has 1 amide bonds. The van der Waals surface area contributed by atoms with Crippen LogP contribution in [0.5, 0.6) is 0 Å². The number of aromatic nitrogens is 1. The molecule has 0 unspecified atom stereocenters. The molecule has 22 heavy (non-hydrogen) atoms. The number of thiophene rings is 1. The van der Waals surface area contributed by atoms with Crippen molar-refractivity contribution in [2.24, 2.45) is 0 Å². The first-order valence-corrected chi connectivity index (χ1v) is 8.92. The van der Waals surface area contributed by atoms with E-state index in [2.05, 4.69) is 22.4 Å². The van der Waals surface area contributed by atoms with Crippen LogP contribution in [0, 0.1) is 0 Å². The highest BCUT2D eigenvalue weighted by Crippen LogP contribution is 2.30. The summed E-state index contributed by atoms with van der Waals surface area (Å²) in [6.07, 6.45) is 5.14. The van der Waals surface area contributed by atoms with E-state index in [9.17, 15) is 4.79 Å². The molecule has 110 valence electrons. The van der Waals surface area contributed by atoms with Gasteiger partial charge in [-0.15, -0.1) is 22.7 Å². The number of hydrogen-bond acceptors (Lipinski definition) is 4. The third-order valence-corrected chi connectivity index (χ3v) is 5.85. The first kappa shape index (κ1) is 13.7. The lowest BCUT2D eigenvalue weighted by atomic mass is 10.1. The van der Waals surface area contributed by atoms with Gasteiger partial charge in [-0.1, -0.05) is 12.1 Å². The van der Waals surface area contributed by atoms with Crippen LogP contribution in [-0.4, -0.2) is 10.9 Å². The van der Waals surface area contributed by atoms with Gasteiger partial charge in [0.05, 0.1) is 11.1 Å². The molecule has 0 fully saturated rings. The third-order valence-electron chi connectivity index (χ3n) is 3.82. The van der Waals surface area contributed by atoms with Crippen LogP contribution in [-0.2, 0) is 12.8 Å². The maximum Gasteiger partial charge on any atom is 0.267 e. The van der Waals surface area contributed by atoms with Gasteiger partial charge in [-0.05, 0) is 54.0 Å². The van der Waals surface area contributed by atoms with Crippen molar-refractivity contribution >= 4 is 34.3 Å². The molecule has 0 saturated heterocycles. The van der Waals surface area contributed by atoms with Gasteiger partial charge in [0.15, 0.2) is 0 Å². The Hall–Kier alpha value is -1.98. The van der Waals surface area contributed by atoms with Crippen LogP contribution in [0.1, 0.15) is 27.2 Å². The summed E-state index contributed by atoms with van der Waals surface area (Å²) in [4.78, 5) is 18.4. The Morgan fingerprint density at radius 2 is 2.09 bits per heavy atom. The van der Waals surface area contributed by atoms with Gasteiger partial charge in [-0.2, -0.15) is 0 Å². The van der Waals surface area contributed by atoms with Crippen molar-refractivity contribution in [3.8, 4) is 9.88 Å². The number of nitrogens with one attached hydrogen (secondary N) is 1. The van der Waals surface area contributed by atoms with Gasteiger partial charge in [0.25, 0.3) is 5.91 Å². The fraction of sp³-hybridized carbons (Fsp3) is 0.176. The third kappa shape index (κ3) is 2.58. The second-order valence-corrected chi connectivity index (χ2v) is 7.28. The van der Waals surface area contributed by atoms with Gasteiger partial charge in [-0.25, -0.2) is 4.98 Å². The molecule has 0 radical (unpaired) electrons. The number of carbonyl (C=O) groups excluding carboxylic acids is 1. The summed E-state index contributed by atoms with van der Waals surface area (Å²) in [6, 6.07) is 10.2. The van der Waals surface area contributed by atoms with Crippen LogP contribution in [0.2, 0.25) is 0 Å². The van der Waals surface area contributed by atoms with Crippen LogP contribution in [0.25, 0.3) is 9.88 Å². The Balaban J connectivity index is 1.53. The van der Waals surface area contributed by atoms with Crippen LogP contribution in [0.15, 0.2) is 41.9 Å². The van der Waals surface area contributed by atoms with E-state index in [0.29, 0.717) is 4.88 Å². The first-order valence-electron chi connectivity index (χ1n) is 7.22. The van der Waals surface area contributed by atoms with Gasteiger partial charge in [-0.3, -0.25) is 4.79 Å². The fourth-order valence-electron chi connectivity index (χ4n) is 2.74. The first-order chi connectivity index (χ1) is 10.8. The van der Waals surface area contributed by atoms with E-state index in [0.717, 1.165) is 28.4 Å². The number of fused-ring (bicyclic) bond motifs is 1. The van der Waals surface area contributed by atoms with E-state index in [1.54, 1.807) is 17.5 Å². The predicted molar refractivity (Wildman–Crippen MR) is 91.8 cm³/mol. The normalized spacial score (nSPS) is 13.1. The zero-order valence-electron chi connectivity index (χ0n) is 11.8. The highest BCUT2D eigenvalue weighted by Gasteiger charge is 2.15. The van der Waals surface area contributed by atoms with E-state index in [4.69, 9.17) is 0 Å². The summed E-state index contributed by atoms with van der Waals surface area (Å²) in [7, 11) is 0. The van der Waals surface area contributed by atoms with Crippen molar-refractivity contribution in [2.75, 3.05) is 5.32 Å². The molecule has 0 bridgehead atoms. The summed E-state index contributed by atoms with van der Waals surface area (Å²) < 4.78 is 0.